The molecule has 1 heterocycles. The Morgan fingerprint density at radius 2 is 0.345 bits per heavy atom. The zero-order valence-electron chi connectivity index (χ0n) is 48.3. The van der Waals surface area contributed by atoms with E-state index in [4.69, 9.17) is 19.3 Å². The van der Waals surface area contributed by atoms with Gasteiger partial charge < -0.3 is 19.3 Å². The number of hydrogen-bond donors (Lipinski definition) is 0. The number of ether oxygens (including phenoxy) is 1. The van der Waals surface area contributed by atoms with E-state index < -0.39 is 48.4 Å². The van der Waals surface area contributed by atoms with Crippen LogP contribution in [0.15, 0.2) is 364 Å². The average Bonchev–Trinajstić information content (AvgIpc) is 4.25. The summed E-state index contributed by atoms with van der Waals surface area (Å²) in [6.07, 6.45) is 2.56. The zero-order chi connectivity index (χ0) is 58.5. The summed E-state index contributed by atoms with van der Waals surface area (Å²) in [6.45, 7) is 2.00. The molecule has 1 aliphatic heterocycles. The van der Waals surface area contributed by atoms with Crippen LogP contribution in [-0.4, -0.2) is 13.2 Å². The fourth-order valence-electron chi connectivity index (χ4n) is 9.44. The predicted molar refractivity (Wildman–Crippen MR) is 389 cm³/mol. The largest absolute Gasteiger partial charge is 3.00 e. The van der Waals surface area contributed by atoms with Gasteiger partial charge in [0.2, 0.25) is 0 Å². The normalized spacial score (nSPS) is 11.7. The van der Waals surface area contributed by atoms with Gasteiger partial charge in [-0.3, -0.25) is 0 Å². The van der Waals surface area contributed by atoms with Crippen LogP contribution in [-0.2, 0) is 4.74 Å². The molecule has 0 atom stereocenters. The monoisotopic (exact) mass is 1400 g/mol. The number of nitrogens with zero attached hydrogens (tertiary/aromatic N) is 3. The molecule has 438 valence electrons. The zero-order valence-corrected chi connectivity index (χ0v) is 55.7. The van der Waals surface area contributed by atoms with Gasteiger partial charge in [-0.15, -0.1) is 24.2 Å². The molecule has 4 nitrogen and oxygen atoms in total. The first-order valence-corrected chi connectivity index (χ1v) is 37.3. The third-order valence-corrected chi connectivity index (χ3v) is 28.5. The molecule has 0 unspecified atom stereocenters. The van der Waals surface area contributed by atoms with Crippen LogP contribution in [0.4, 0.5) is 0 Å². The predicted octanol–water partition coefficient (Wildman–Crippen LogP) is 16.4. The summed E-state index contributed by atoms with van der Waals surface area (Å²) in [7, 11) is -6.02. The molecule has 0 bridgehead atoms. The minimum absolute atomic E-state index is 0. The van der Waals surface area contributed by atoms with Crippen LogP contribution >= 0.6 is 48.4 Å². The summed E-state index contributed by atoms with van der Waals surface area (Å²) in [5.41, 5.74) is 0. The minimum atomic E-state index is -1.24. The number of rotatable bonds is 18. The van der Waals surface area contributed by atoms with Crippen molar-refractivity contribution < 1.29 is 41.6 Å². The van der Waals surface area contributed by atoms with Crippen molar-refractivity contribution in [1.82, 2.24) is 0 Å². The molecule has 1 fully saturated rings. The van der Waals surface area contributed by atoms with E-state index in [1.54, 1.807) is 0 Å². The van der Waals surface area contributed by atoms with Crippen LogP contribution < -0.4 is 63.7 Å². The first-order chi connectivity index (χ1) is 42.7. The van der Waals surface area contributed by atoms with Gasteiger partial charge in [-0.1, -0.05) is 291 Å². The van der Waals surface area contributed by atoms with Crippen molar-refractivity contribution in [2.75, 3.05) is 13.2 Å². The van der Waals surface area contributed by atoms with Crippen molar-refractivity contribution in [3.8, 4) is 0 Å². The molecule has 12 aromatic rings. The fourth-order valence-corrected chi connectivity index (χ4v) is 25.1. The van der Waals surface area contributed by atoms with Gasteiger partial charge in [0.15, 0.2) is 0 Å². The van der Waals surface area contributed by atoms with Crippen molar-refractivity contribution in [3.63, 3.8) is 0 Å². The molecule has 13 rings (SSSR count). The van der Waals surface area contributed by atoms with Crippen molar-refractivity contribution in [1.29, 1.82) is 0 Å². The molecule has 12 aromatic carbocycles. The molecule has 1 aliphatic rings. The van der Waals surface area contributed by atoms with E-state index >= 15 is 0 Å². The van der Waals surface area contributed by atoms with E-state index in [0.717, 1.165) is 13.2 Å². The third kappa shape index (κ3) is 20.4. The first-order valence-electron chi connectivity index (χ1n) is 29.1. The van der Waals surface area contributed by atoms with Gasteiger partial charge in [0.1, 0.15) is 0 Å². The van der Waals surface area contributed by atoms with Gasteiger partial charge in [-0.25, -0.2) is 0 Å². The molecule has 11 heteroatoms. The molecule has 0 N–H and O–H groups in total. The standard InChI is InChI=1S/3C24H21NP2.C4H8O.Lu/c3*1-5-13-21(14-6-1)26(22-15-7-2-8-16-22)25-27(23-17-9-3-10-18-23)24-19-11-4-12-20-24;1-2-4-5-3-1;/h3*1-20,26H;1-4H2;/q;;;;+3. The maximum absolute atomic E-state index is 5.52. The van der Waals surface area contributed by atoms with Crippen LogP contribution in [0.1, 0.15) is 12.8 Å². The van der Waals surface area contributed by atoms with Crippen LogP contribution in [0.3, 0.4) is 0 Å². The molecule has 1 saturated heterocycles. The van der Waals surface area contributed by atoms with Crippen molar-refractivity contribution in [2.45, 2.75) is 12.8 Å². The van der Waals surface area contributed by atoms with Crippen molar-refractivity contribution in [2.24, 2.45) is 0 Å². The molecule has 0 saturated carbocycles. The molecular weight excluding hydrogens is 1330 g/mol. The Bertz CT molecular complexity index is 2840. The van der Waals surface area contributed by atoms with Gasteiger partial charge in [0, 0.05) is 13.2 Å². The molecule has 0 aliphatic carbocycles. The van der Waals surface area contributed by atoms with Crippen molar-refractivity contribution in [3.05, 3.63) is 379 Å². The second kappa shape index (κ2) is 37.3. The maximum Gasteiger partial charge on any atom is 3.00 e. The number of hydrogen-bond acceptors (Lipinski definition) is 1. The van der Waals surface area contributed by atoms with Gasteiger partial charge in [-0.05, 0) is 142 Å². The Kier molecular flexibility index (Phi) is 28.2. The topological polar surface area (TPSA) is 51.5 Å². The summed E-state index contributed by atoms with van der Waals surface area (Å²) in [4.78, 5) is 16.6. The van der Waals surface area contributed by atoms with E-state index in [9.17, 15) is 0 Å². The van der Waals surface area contributed by atoms with E-state index in [1.165, 1.54) is 76.5 Å². The van der Waals surface area contributed by atoms with Crippen LogP contribution in [0.2, 0.25) is 0 Å². The molecular formula is C76H71LuN3OP6+3. The summed E-state index contributed by atoms with van der Waals surface area (Å²) in [6, 6.07) is 129. The first kappa shape index (κ1) is 65.7. The quantitative estimate of drug-likeness (QED) is 0.0790. The molecule has 0 amide bonds. The van der Waals surface area contributed by atoms with Gasteiger partial charge in [-0.2, -0.15) is 0 Å². The van der Waals surface area contributed by atoms with Gasteiger partial charge in [0.25, 0.3) is 0 Å². The van der Waals surface area contributed by atoms with E-state index in [-0.39, 0.29) is 36.9 Å². The van der Waals surface area contributed by atoms with Gasteiger partial charge in [0.05, 0.1) is 31.8 Å². The van der Waals surface area contributed by atoms with Crippen LogP contribution in [0, 0.1) is 36.9 Å². The van der Waals surface area contributed by atoms with Crippen molar-refractivity contribution >= 4 is 112 Å². The SMILES string of the molecule is C1CCOC1.[Lu+3].c1ccc(P([N-][PH+](c2ccccc2)c2ccccc2)c2ccccc2)cc1.c1ccc(P([N-][PH+](c2ccccc2)c2ccccc2)c2ccccc2)cc1.c1ccc(P([N-][PH+](c2ccccc2)c2ccccc2)c2ccccc2)cc1. The maximum atomic E-state index is 5.52. The summed E-state index contributed by atoms with van der Waals surface area (Å²) >= 11 is 0. The Labute approximate surface area is 553 Å². The fraction of sp³-hybridized carbons (Fsp3) is 0.0526. The Morgan fingerprint density at radius 1 is 0.207 bits per heavy atom. The molecule has 87 heavy (non-hydrogen) atoms. The number of benzene rings is 12. The summed E-state index contributed by atoms with van der Waals surface area (Å²) < 4.78 is 4.94. The van der Waals surface area contributed by atoms with E-state index in [2.05, 4.69) is 364 Å². The Hall–Kier alpha value is -5.71. The third-order valence-electron chi connectivity index (χ3n) is 13.7. The minimum Gasteiger partial charge on any atom is -0.450 e. The summed E-state index contributed by atoms with van der Waals surface area (Å²) in [5, 5.41) is 15.8. The van der Waals surface area contributed by atoms with E-state index in [1.807, 2.05) is 0 Å². The Balaban J connectivity index is 0.000000148. The van der Waals surface area contributed by atoms with Gasteiger partial charge >= 0.3 is 36.9 Å². The smallest absolute Gasteiger partial charge is 0.450 e. The van der Waals surface area contributed by atoms with Crippen LogP contribution in [0.5, 0.6) is 0 Å². The Morgan fingerprint density at radius 3 is 0.471 bits per heavy atom. The van der Waals surface area contributed by atoms with Crippen LogP contribution in [0.25, 0.3) is 14.6 Å². The molecule has 0 aromatic heterocycles. The van der Waals surface area contributed by atoms with E-state index in [0.29, 0.717) is 0 Å². The molecule has 0 radical (unpaired) electrons. The summed E-state index contributed by atoms with van der Waals surface area (Å²) in [5.74, 6) is 0. The second-order valence-electron chi connectivity index (χ2n) is 19.8. The average molecular weight is 1400 g/mol. The molecule has 0 spiro atoms. The second-order valence-corrected chi connectivity index (χ2v) is 32.7.